The fraction of sp³-hybridized carbons (Fsp3) is 0.417. The van der Waals surface area contributed by atoms with Crippen molar-refractivity contribution >= 4 is 40.9 Å². The molecule has 0 fully saturated rings. The van der Waals surface area contributed by atoms with E-state index in [1.54, 1.807) is 12.1 Å². The van der Waals surface area contributed by atoms with E-state index in [4.69, 9.17) is 28.3 Å². The largest absolute Gasteiger partial charge is 0.480 e. The minimum atomic E-state index is -0.773. The van der Waals surface area contributed by atoms with Crippen LogP contribution in [0.15, 0.2) is 18.2 Å². The third kappa shape index (κ3) is 4.41. The molecule has 0 heterocycles. The minimum absolute atomic E-state index is 0.0975. The molecule has 1 unspecified atom stereocenters. The number of hydrogen-bond acceptors (Lipinski definition) is 2. The van der Waals surface area contributed by atoms with Crippen LogP contribution in [-0.2, 0) is 10.5 Å². The Hall–Kier alpha value is -0.380. The van der Waals surface area contributed by atoms with Crippen molar-refractivity contribution in [2.24, 2.45) is 5.92 Å². The first-order valence-electron chi connectivity index (χ1n) is 5.20. The molecule has 17 heavy (non-hydrogen) atoms. The smallest absolute Gasteiger partial charge is 0.316 e. The van der Waals surface area contributed by atoms with E-state index < -0.39 is 11.2 Å². The predicted octanol–water partition coefficient (Wildman–Crippen LogP) is 4.34. The van der Waals surface area contributed by atoms with Crippen LogP contribution in [0.25, 0.3) is 0 Å². The molecule has 1 aromatic carbocycles. The molecular formula is C12H14Cl2O2S. The van der Waals surface area contributed by atoms with Crippen molar-refractivity contribution < 1.29 is 9.90 Å². The lowest BCUT2D eigenvalue weighted by Gasteiger charge is -2.15. The molecule has 0 bridgehead atoms. The topological polar surface area (TPSA) is 37.3 Å². The van der Waals surface area contributed by atoms with Gasteiger partial charge in [0.2, 0.25) is 0 Å². The van der Waals surface area contributed by atoms with Crippen LogP contribution in [0.3, 0.4) is 0 Å². The van der Waals surface area contributed by atoms with Gasteiger partial charge in [-0.25, -0.2) is 0 Å². The second kappa shape index (κ2) is 6.53. The molecule has 1 rings (SSSR count). The van der Waals surface area contributed by atoms with E-state index in [-0.39, 0.29) is 5.92 Å². The normalized spacial score (nSPS) is 12.8. The molecule has 0 aliphatic heterocycles. The highest BCUT2D eigenvalue weighted by atomic mass is 35.5. The van der Waals surface area contributed by atoms with E-state index >= 15 is 0 Å². The standard InChI is InChI=1S/C12H14Cl2O2S/c1-7(2)11(12(15)16)17-6-8-3-4-9(13)10(14)5-8/h3-5,7,11H,6H2,1-2H3,(H,15,16). The highest BCUT2D eigenvalue weighted by Gasteiger charge is 2.21. The Morgan fingerprint density at radius 2 is 2.00 bits per heavy atom. The Morgan fingerprint density at radius 3 is 2.47 bits per heavy atom. The van der Waals surface area contributed by atoms with Gasteiger partial charge in [0.15, 0.2) is 0 Å². The Bertz CT molecular complexity index is 407. The summed E-state index contributed by atoms with van der Waals surface area (Å²) in [4.78, 5) is 11.0. The number of aliphatic carboxylic acids is 1. The predicted molar refractivity (Wildman–Crippen MR) is 74.0 cm³/mol. The number of benzene rings is 1. The highest BCUT2D eigenvalue weighted by molar-refractivity contribution is 7.99. The molecule has 0 spiro atoms. The monoisotopic (exact) mass is 292 g/mol. The summed E-state index contributed by atoms with van der Waals surface area (Å²) in [6.45, 7) is 3.81. The first-order valence-corrected chi connectivity index (χ1v) is 7.00. The zero-order valence-electron chi connectivity index (χ0n) is 9.61. The van der Waals surface area contributed by atoms with Crippen LogP contribution in [0.1, 0.15) is 19.4 Å². The molecule has 2 nitrogen and oxygen atoms in total. The van der Waals surface area contributed by atoms with Crippen LogP contribution in [0.2, 0.25) is 10.0 Å². The number of thioether (sulfide) groups is 1. The molecule has 0 aliphatic carbocycles. The van der Waals surface area contributed by atoms with Crippen molar-refractivity contribution in [1.29, 1.82) is 0 Å². The van der Waals surface area contributed by atoms with Crippen LogP contribution in [0.4, 0.5) is 0 Å². The second-order valence-electron chi connectivity index (χ2n) is 4.06. The number of carboxylic acid groups (broad SMARTS) is 1. The summed E-state index contributed by atoms with van der Waals surface area (Å²) in [7, 11) is 0. The Balaban J connectivity index is 2.65. The van der Waals surface area contributed by atoms with Crippen molar-refractivity contribution in [2.45, 2.75) is 24.9 Å². The Kier molecular flexibility index (Phi) is 5.63. The highest BCUT2D eigenvalue weighted by Crippen LogP contribution is 2.28. The molecule has 5 heteroatoms. The van der Waals surface area contributed by atoms with Gasteiger partial charge in [-0.1, -0.05) is 43.1 Å². The maximum Gasteiger partial charge on any atom is 0.316 e. The van der Waals surface area contributed by atoms with Gasteiger partial charge in [0, 0.05) is 5.75 Å². The van der Waals surface area contributed by atoms with Gasteiger partial charge < -0.3 is 5.11 Å². The molecule has 1 aromatic rings. The first kappa shape index (κ1) is 14.7. The molecule has 0 saturated heterocycles. The number of hydrogen-bond donors (Lipinski definition) is 1. The van der Waals surface area contributed by atoms with E-state index in [1.807, 2.05) is 19.9 Å². The fourth-order valence-electron chi connectivity index (χ4n) is 1.36. The SMILES string of the molecule is CC(C)C(SCc1ccc(Cl)c(Cl)c1)C(=O)O. The van der Waals surface area contributed by atoms with Crippen molar-refractivity contribution in [2.75, 3.05) is 0 Å². The van der Waals surface area contributed by atoms with Gasteiger partial charge in [-0.2, -0.15) is 0 Å². The lowest BCUT2D eigenvalue weighted by molar-refractivity contribution is -0.137. The average molecular weight is 293 g/mol. The summed E-state index contributed by atoms with van der Waals surface area (Å²) in [6.07, 6.45) is 0. The Labute approximate surface area is 115 Å². The van der Waals surface area contributed by atoms with Crippen molar-refractivity contribution in [3.8, 4) is 0 Å². The van der Waals surface area contributed by atoms with E-state index in [1.165, 1.54) is 11.8 Å². The number of carboxylic acids is 1. The molecule has 94 valence electrons. The number of carbonyl (C=O) groups is 1. The summed E-state index contributed by atoms with van der Waals surface area (Å²) in [5.74, 6) is -0.0585. The van der Waals surface area contributed by atoms with Crippen LogP contribution in [0, 0.1) is 5.92 Å². The second-order valence-corrected chi connectivity index (χ2v) is 6.01. The van der Waals surface area contributed by atoms with Crippen molar-refractivity contribution in [3.05, 3.63) is 33.8 Å². The molecule has 0 radical (unpaired) electrons. The third-order valence-electron chi connectivity index (χ3n) is 2.26. The minimum Gasteiger partial charge on any atom is -0.480 e. The zero-order valence-corrected chi connectivity index (χ0v) is 11.9. The molecule has 0 amide bonds. The fourth-order valence-corrected chi connectivity index (χ4v) is 2.76. The van der Waals surface area contributed by atoms with E-state index in [0.717, 1.165) is 5.56 Å². The maximum absolute atomic E-state index is 11.0. The van der Waals surface area contributed by atoms with Gasteiger partial charge in [-0.05, 0) is 23.6 Å². The average Bonchev–Trinajstić information content (AvgIpc) is 2.22. The third-order valence-corrected chi connectivity index (χ3v) is 4.61. The van der Waals surface area contributed by atoms with Crippen LogP contribution in [0.5, 0.6) is 0 Å². The van der Waals surface area contributed by atoms with Crippen LogP contribution in [-0.4, -0.2) is 16.3 Å². The summed E-state index contributed by atoms with van der Waals surface area (Å²) in [6, 6.07) is 5.36. The van der Waals surface area contributed by atoms with Crippen molar-refractivity contribution in [1.82, 2.24) is 0 Å². The summed E-state index contributed by atoms with van der Waals surface area (Å²) in [5, 5.41) is 9.67. The number of rotatable bonds is 5. The first-order chi connectivity index (χ1) is 7.91. The number of halogens is 2. The van der Waals surface area contributed by atoms with Crippen LogP contribution < -0.4 is 0 Å². The van der Waals surface area contributed by atoms with Gasteiger partial charge in [0.05, 0.1) is 10.0 Å². The van der Waals surface area contributed by atoms with Gasteiger partial charge in [0.25, 0.3) is 0 Å². The van der Waals surface area contributed by atoms with E-state index in [2.05, 4.69) is 0 Å². The molecule has 1 atom stereocenters. The Morgan fingerprint density at radius 1 is 1.35 bits per heavy atom. The van der Waals surface area contributed by atoms with Gasteiger partial charge >= 0.3 is 5.97 Å². The lowest BCUT2D eigenvalue weighted by Crippen LogP contribution is -2.22. The molecule has 0 aliphatic rings. The maximum atomic E-state index is 11.0. The lowest BCUT2D eigenvalue weighted by atomic mass is 10.1. The van der Waals surface area contributed by atoms with E-state index in [9.17, 15) is 4.79 Å². The molecule has 1 N–H and O–H groups in total. The summed E-state index contributed by atoms with van der Waals surface area (Å²) >= 11 is 13.1. The molecular weight excluding hydrogens is 279 g/mol. The molecule has 0 aromatic heterocycles. The van der Waals surface area contributed by atoms with E-state index in [0.29, 0.717) is 15.8 Å². The quantitative estimate of drug-likeness (QED) is 0.877. The summed E-state index contributed by atoms with van der Waals surface area (Å²) in [5.41, 5.74) is 0.983. The zero-order chi connectivity index (χ0) is 13.0. The molecule has 0 saturated carbocycles. The summed E-state index contributed by atoms with van der Waals surface area (Å²) < 4.78 is 0. The van der Waals surface area contributed by atoms with Gasteiger partial charge in [0.1, 0.15) is 5.25 Å². The van der Waals surface area contributed by atoms with Crippen molar-refractivity contribution in [3.63, 3.8) is 0 Å². The van der Waals surface area contributed by atoms with Crippen LogP contribution >= 0.6 is 35.0 Å². The van der Waals surface area contributed by atoms with Gasteiger partial charge in [-0.15, -0.1) is 11.8 Å². The van der Waals surface area contributed by atoms with Gasteiger partial charge in [-0.3, -0.25) is 4.79 Å².